The Labute approximate surface area is 175 Å². The molecule has 1 N–H and O–H groups in total. The van der Waals surface area contributed by atoms with E-state index >= 15 is 0 Å². The quantitative estimate of drug-likeness (QED) is 0.463. The summed E-state index contributed by atoms with van der Waals surface area (Å²) in [6, 6.07) is 17.6. The molecule has 0 saturated heterocycles. The first-order valence-electron chi connectivity index (χ1n) is 9.87. The average Bonchev–Trinajstić information content (AvgIpc) is 3.12. The molecular weight excluding hydrogens is 376 g/mol. The third-order valence-electron chi connectivity index (χ3n) is 4.99. The van der Waals surface area contributed by atoms with Crippen LogP contribution in [0.3, 0.4) is 0 Å². The highest BCUT2D eigenvalue weighted by atomic mass is 16.5. The highest BCUT2D eigenvalue weighted by molar-refractivity contribution is 5.93. The van der Waals surface area contributed by atoms with Crippen LogP contribution in [-0.2, 0) is 4.79 Å². The number of amides is 1. The molecule has 5 nitrogen and oxygen atoms in total. The summed E-state index contributed by atoms with van der Waals surface area (Å²) in [5, 5.41) is 2.93. The Morgan fingerprint density at radius 3 is 2.50 bits per heavy atom. The van der Waals surface area contributed by atoms with Gasteiger partial charge in [0.25, 0.3) is 5.91 Å². The number of ether oxygens (including phenoxy) is 1. The van der Waals surface area contributed by atoms with E-state index < -0.39 is 0 Å². The van der Waals surface area contributed by atoms with Crippen LogP contribution in [0.1, 0.15) is 22.3 Å². The SMILES string of the molecule is Cc1ccc(OCC(=O)Nc2cc(-c3nc4ccc(C)cc4o3)ccc2C)c(C)c1. The predicted octanol–water partition coefficient (Wildman–Crippen LogP) is 5.75. The van der Waals surface area contributed by atoms with Crippen LogP contribution < -0.4 is 10.1 Å². The molecule has 0 spiro atoms. The van der Waals surface area contributed by atoms with Gasteiger partial charge in [-0.2, -0.15) is 0 Å². The summed E-state index contributed by atoms with van der Waals surface area (Å²) < 4.78 is 11.6. The van der Waals surface area contributed by atoms with Gasteiger partial charge in [0.05, 0.1) is 0 Å². The average molecular weight is 400 g/mol. The van der Waals surface area contributed by atoms with Crippen molar-refractivity contribution in [3.05, 3.63) is 76.9 Å². The van der Waals surface area contributed by atoms with Crippen molar-refractivity contribution >= 4 is 22.7 Å². The topological polar surface area (TPSA) is 64.4 Å². The summed E-state index contributed by atoms with van der Waals surface area (Å²) in [7, 11) is 0. The number of carbonyl (C=O) groups excluding carboxylic acids is 1. The molecule has 1 amide bonds. The van der Waals surface area contributed by atoms with E-state index in [1.807, 2.05) is 82.3 Å². The first kappa shape index (κ1) is 19.7. The van der Waals surface area contributed by atoms with E-state index in [0.717, 1.165) is 38.9 Å². The Balaban J connectivity index is 1.50. The molecule has 4 aromatic rings. The number of nitrogens with one attached hydrogen (secondary N) is 1. The maximum absolute atomic E-state index is 12.5. The summed E-state index contributed by atoms with van der Waals surface area (Å²) in [6.45, 7) is 7.89. The first-order chi connectivity index (χ1) is 14.4. The van der Waals surface area contributed by atoms with E-state index in [0.29, 0.717) is 17.3 Å². The fourth-order valence-electron chi connectivity index (χ4n) is 3.34. The van der Waals surface area contributed by atoms with Crippen LogP contribution in [0.2, 0.25) is 0 Å². The van der Waals surface area contributed by atoms with Crippen LogP contribution >= 0.6 is 0 Å². The number of anilines is 1. The Morgan fingerprint density at radius 2 is 1.70 bits per heavy atom. The molecule has 0 aliphatic carbocycles. The maximum Gasteiger partial charge on any atom is 0.262 e. The summed E-state index contributed by atoms with van der Waals surface area (Å²) in [4.78, 5) is 17.0. The standard InChI is InChI=1S/C25H24N2O3/c1-15-6-10-22(18(4)11-15)29-14-24(28)26-21-13-19(8-7-17(21)3)25-27-20-9-5-16(2)12-23(20)30-25/h5-13H,14H2,1-4H3,(H,26,28). The number of fused-ring (bicyclic) bond motifs is 1. The van der Waals surface area contributed by atoms with E-state index in [4.69, 9.17) is 9.15 Å². The lowest BCUT2D eigenvalue weighted by atomic mass is 10.1. The van der Waals surface area contributed by atoms with Crippen molar-refractivity contribution in [2.75, 3.05) is 11.9 Å². The van der Waals surface area contributed by atoms with Gasteiger partial charge >= 0.3 is 0 Å². The Kier molecular flexibility index (Phi) is 5.27. The van der Waals surface area contributed by atoms with Crippen molar-refractivity contribution in [3.63, 3.8) is 0 Å². The van der Waals surface area contributed by atoms with Crippen LogP contribution in [0.4, 0.5) is 5.69 Å². The Hall–Kier alpha value is -3.60. The number of benzene rings is 3. The van der Waals surface area contributed by atoms with Gasteiger partial charge in [0.15, 0.2) is 12.2 Å². The van der Waals surface area contributed by atoms with Crippen LogP contribution in [-0.4, -0.2) is 17.5 Å². The molecule has 0 saturated carbocycles. The zero-order valence-electron chi connectivity index (χ0n) is 17.6. The number of aromatic nitrogens is 1. The van der Waals surface area contributed by atoms with Gasteiger partial charge < -0.3 is 14.5 Å². The molecule has 0 bridgehead atoms. The number of nitrogens with zero attached hydrogens (tertiary/aromatic N) is 1. The molecule has 1 aromatic heterocycles. The molecule has 152 valence electrons. The summed E-state index contributed by atoms with van der Waals surface area (Å²) in [5.74, 6) is 1.02. The van der Waals surface area contributed by atoms with Crippen molar-refractivity contribution in [3.8, 4) is 17.2 Å². The second-order valence-corrected chi connectivity index (χ2v) is 7.63. The van der Waals surface area contributed by atoms with E-state index in [1.54, 1.807) is 0 Å². The number of hydrogen-bond acceptors (Lipinski definition) is 4. The van der Waals surface area contributed by atoms with Gasteiger partial charge in [0.1, 0.15) is 11.3 Å². The van der Waals surface area contributed by atoms with Crippen molar-refractivity contribution in [1.82, 2.24) is 4.98 Å². The number of carbonyl (C=O) groups is 1. The molecule has 3 aromatic carbocycles. The van der Waals surface area contributed by atoms with Crippen LogP contribution in [0.5, 0.6) is 5.75 Å². The first-order valence-corrected chi connectivity index (χ1v) is 9.87. The fraction of sp³-hybridized carbons (Fsp3) is 0.200. The number of hydrogen-bond donors (Lipinski definition) is 1. The molecular formula is C25H24N2O3. The minimum atomic E-state index is -0.219. The van der Waals surface area contributed by atoms with Crippen LogP contribution in [0.15, 0.2) is 59.0 Å². The lowest BCUT2D eigenvalue weighted by Crippen LogP contribution is -2.21. The summed E-state index contributed by atoms with van der Waals surface area (Å²) in [5.41, 5.74) is 7.30. The van der Waals surface area contributed by atoms with Gasteiger partial charge in [0, 0.05) is 11.3 Å². The van der Waals surface area contributed by atoms with Gasteiger partial charge in [-0.15, -0.1) is 0 Å². The number of rotatable bonds is 5. The summed E-state index contributed by atoms with van der Waals surface area (Å²) >= 11 is 0. The molecule has 5 heteroatoms. The summed E-state index contributed by atoms with van der Waals surface area (Å²) in [6.07, 6.45) is 0. The Morgan fingerprint density at radius 1 is 0.933 bits per heavy atom. The maximum atomic E-state index is 12.5. The molecule has 0 aliphatic heterocycles. The molecule has 0 unspecified atom stereocenters. The monoisotopic (exact) mass is 400 g/mol. The largest absolute Gasteiger partial charge is 0.483 e. The highest BCUT2D eigenvalue weighted by Crippen LogP contribution is 2.28. The molecule has 0 radical (unpaired) electrons. The van der Waals surface area contributed by atoms with E-state index in [-0.39, 0.29) is 12.5 Å². The number of oxazole rings is 1. The molecule has 0 atom stereocenters. The lowest BCUT2D eigenvalue weighted by Gasteiger charge is -2.12. The number of aryl methyl sites for hydroxylation is 4. The minimum Gasteiger partial charge on any atom is -0.483 e. The second kappa shape index (κ2) is 8.03. The molecule has 0 aliphatic rings. The lowest BCUT2D eigenvalue weighted by molar-refractivity contribution is -0.118. The normalized spacial score (nSPS) is 10.9. The molecule has 1 heterocycles. The van der Waals surface area contributed by atoms with E-state index in [9.17, 15) is 4.79 Å². The van der Waals surface area contributed by atoms with Crippen LogP contribution in [0.25, 0.3) is 22.6 Å². The van der Waals surface area contributed by atoms with Crippen molar-refractivity contribution in [2.45, 2.75) is 27.7 Å². The minimum absolute atomic E-state index is 0.0598. The third-order valence-corrected chi connectivity index (χ3v) is 4.99. The second-order valence-electron chi connectivity index (χ2n) is 7.63. The van der Waals surface area contributed by atoms with Gasteiger partial charge in [-0.3, -0.25) is 4.79 Å². The molecule has 0 fully saturated rings. The molecule has 4 rings (SSSR count). The van der Waals surface area contributed by atoms with Gasteiger partial charge in [-0.05, 0) is 74.7 Å². The highest BCUT2D eigenvalue weighted by Gasteiger charge is 2.12. The van der Waals surface area contributed by atoms with E-state index in [1.165, 1.54) is 0 Å². The third kappa shape index (κ3) is 4.20. The van der Waals surface area contributed by atoms with E-state index in [2.05, 4.69) is 10.3 Å². The van der Waals surface area contributed by atoms with Gasteiger partial charge in [0.2, 0.25) is 5.89 Å². The van der Waals surface area contributed by atoms with Crippen molar-refractivity contribution in [1.29, 1.82) is 0 Å². The Bertz CT molecular complexity index is 1240. The van der Waals surface area contributed by atoms with Crippen molar-refractivity contribution in [2.24, 2.45) is 0 Å². The smallest absolute Gasteiger partial charge is 0.262 e. The van der Waals surface area contributed by atoms with Crippen molar-refractivity contribution < 1.29 is 13.9 Å². The zero-order chi connectivity index (χ0) is 21.3. The van der Waals surface area contributed by atoms with Gasteiger partial charge in [-0.1, -0.05) is 29.8 Å². The fourth-order valence-corrected chi connectivity index (χ4v) is 3.34. The van der Waals surface area contributed by atoms with Gasteiger partial charge in [-0.25, -0.2) is 4.98 Å². The van der Waals surface area contributed by atoms with Crippen LogP contribution in [0, 0.1) is 27.7 Å². The molecule has 30 heavy (non-hydrogen) atoms. The predicted molar refractivity (Wildman–Crippen MR) is 119 cm³/mol. The zero-order valence-corrected chi connectivity index (χ0v) is 17.6.